The number of carbonyl (C=O) groups excluding carboxylic acids is 1. The quantitative estimate of drug-likeness (QED) is 0.831. The van der Waals surface area contributed by atoms with Gasteiger partial charge in [-0.1, -0.05) is 49.4 Å². The van der Waals surface area contributed by atoms with Crippen molar-refractivity contribution in [1.82, 2.24) is 5.32 Å². The summed E-state index contributed by atoms with van der Waals surface area (Å²) in [7, 11) is 0. The predicted molar refractivity (Wildman–Crippen MR) is 95.4 cm³/mol. The molecule has 0 radical (unpaired) electrons. The zero-order chi connectivity index (χ0) is 18.6. The predicted octanol–water partition coefficient (Wildman–Crippen LogP) is 2.38. The van der Waals surface area contributed by atoms with Crippen molar-refractivity contribution >= 4 is 11.9 Å². The maximum absolute atomic E-state index is 12.5. The van der Waals surface area contributed by atoms with Gasteiger partial charge >= 0.3 is 5.97 Å². The lowest BCUT2D eigenvalue weighted by atomic mass is 9.78. The van der Waals surface area contributed by atoms with Gasteiger partial charge in [-0.2, -0.15) is 0 Å². The molecule has 2 atom stereocenters. The molecular formula is C20H21NO5. The number of carbonyl (C=O) groups is 2. The number of ether oxygens (including phenoxy) is 2. The number of amides is 1. The molecule has 2 N–H and O–H groups in total. The third-order valence-electron chi connectivity index (χ3n) is 4.70. The Morgan fingerprint density at radius 3 is 2.42 bits per heavy atom. The molecule has 6 heteroatoms. The van der Waals surface area contributed by atoms with Gasteiger partial charge in [0.15, 0.2) is 11.5 Å². The van der Waals surface area contributed by atoms with E-state index in [1.54, 1.807) is 49.4 Å². The molecule has 0 bridgehead atoms. The molecule has 1 aliphatic rings. The number of rotatable bonds is 6. The van der Waals surface area contributed by atoms with E-state index in [2.05, 4.69) is 5.32 Å². The fraction of sp³-hybridized carbons (Fsp3) is 0.300. The van der Waals surface area contributed by atoms with Gasteiger partial charge in [-0.25, -0.2) is 0 Å². The summed E-state index contributed by atoms with van der Waals surface area (Å²) in [6.07, 6.45) is -0.471. The average molecular weight is 355 g/mol. The van der Waals surface area contributed by atoms with Crippen LogP contribution < -0.4 is 14.8 Å². The Morgan fingerprint density at radius 1 is 1.12 bits per heavy atom. The molecule has 26 heavy (non-hydrogen) atoms. The second-order valence-corrected chi connectivity index (χ2v) is 6.19. The van der Waals surface area contributed by atoms with E-state index in [0.717, 1.165) is 0 Å². The SMILES string of the molecule is CCC(CNC(=O)C1COc2ccccc2O1)(C(=O)O)c1ccccc1. The number of fused-ring (bicyclic) bond motifs is 1. The summed E-state index contributed by atoms with van der Waals surface area (Å²) in [6, 6.07) is 16.1. The van der Waals surface area contributed by atoms with Crippen LogP contribution in [0.4, 0.5) is 0 Å². The summed E-state index contributed by atoms with van der Waals surface area (Å²) in [5.74, 6) is -0.275. The van der Waals surface area contributed by atoms with Gasteiger partial charge in [-0.05, 0) is 24.1 Å². The summed E-state index contributed by atoms with van der Waals surface area (Å²) in [5, 5.41) is 12.6. The van der Waals surface area contributed by atoms with Crippen LogP contribution in [0.15, 0.2) is 54.6 Å². The van der Waals surface area contributed by atoms with Crippen molar-refractivity contribution in [2.45, 2.75) is 24.9 Å². The average Bonchev–Trinajstić information content (AvgIpc) is 2.69. The van der Waals surface area contributed by atoms with Crippen LogP contribution >= 0.6 is 0 Å². The van der Waals surface area contributed by atoms with Gasteiger partial charge in [0.2, 0.25) is 6.10 Å². The molecule has 3 rings (SSSR count). The van der Waals surface area contributed by atoms with E-state index >= 15 is 0 Å². The zero-order valence-electron chi connectivity index (χ0n) is 14.5. The van der Waals surface area contributed by atoms with Crippen molar-refractivity contribution in [3.05, 3.63) is 60.2 Å². The standard InChI is InChI=1S/C20H21NO5/c1-2-20(19(23)24,14-8-4-3-5-9-14)13-21-18(22)17-12-25-15-10-6-7-11-16(15)26-17/h3-11,17H,2,12-13H2,1H3,(H,21,22)(H,23,24). The van der Waals surface area contributed by atoms with Crippen molar-refractivity contribution in [2.75, 3.05) is 13.2 Å². The van der Waals surface area contributed by atoms with Crippen LogP contribution in [0.25, 0.3) is 0 Å². The summed E-state index contributed by atoms with van der Waals surface area (Å²) in [6.45, 7) is 1.85. The van der Waals surface area contributed by atoms with Crippen LogP contribution in [0.2, 0.25) is 0 Å². The van der Waals surface area contributed by atoms with Crippen molar-refractivity contribution in [2.24, 2.45) is 0 Å². The topological polar surface area (TPSA) is 84.9 Å². The van der Waals surface area contributed by atoms with Crippen molar-refractivity contribution in [3.63, 3.8) is 0 Å². The van der Waals surface area contributed by atoms with E-state index in [-0.39, 0.29) is 13.2 Å². The van der Waals surface area contributed by atoms with Crippen LogP contribution in [0.3, 0.4) is 0 Å². The Kier molecular flexibility index (Phi) is 5.11. The van der Waals surface area contributed by atoms with E-state index in [4.69, 9.17) is 9.47 Å². The van der Waals surface area contributed by atoms with Gasteiger partial charge in [-0.3, -0.25) is 9.59 Å². The molecule has 2 aromatic rings. The summed E-state index contributed by atoms with van der Waals surface area (Å²) in [5.41, 5.74) is -0.536. The largest absolute Gasteiger partial charge is 0.485 e. The number of nitrogens with one attached hydrogen (secondary N) is 1. The third kappa shape index (κ3) is 3.35. The fourth-order valence-corrected chi connectivity index (χ4v) is 3.04. The zero-order valence-corrected chi connectivity index (χ0v) is 14.5. The first kappa shape index (κ1) is 17.8. The maximum atomic E-state index is 12.5. The minimum atomic E-state index is -1.19. The number of carboxylic acid groups (broad SMARTS) is 1. The lowest BCUT2D eigenvalue weighted by molar-refractivity contribution is -0.144. The fourth-order valence-electron chi connectivity index (χ4n) is 3.04. The van der Waals surface area contributed by atoms with Crippen LogP contribution in [0.1, 0.15) is 18.9 Å². The minimum Gasteiger partial charge on any atom is -0.485 e. The molecule has 1 aliphatic heterocycles. The van der Waals surface area contributed by atoms with Gasteiger partial charge in [0.1, 0.15) is 12.0 Å². The number of hydrogen-bond donors (Lipinski definition) is 2. The number of carboxylic acids is 1. The number of hydrogen-bond acceptors (Lipinski definition) is 4. The van der Waals surface area contributed by atoms with Crippen molar-refractivity contribution in [1.29, 1.82) is 0 Å². The monoisotopic (exact) mass is 355 g/mol. The van der Waals surface area contributed by atoms with E-state index in [9.17, 15) is 14.7 Å². The van der Waals surface area contributed by atoms with Crippen LogP contribution in [-0.4, -0.2) is 36.2 Å². The van der Waals surface area contributed by atoms with E-state index < -0.39 is 23.4 Å². The normalized spacial score (nSPS) is 17.8. The van der Waals surface area contributed by atoms with Crippen molar-refractivity contribution < 1.29 is 24.2 Å². The molecule has 6 nitrogen and oxygen atoms in total. The molecule has 2 unspecified atom stereocenters. The third-order valence-corrected chi connectivity index (χ3v) is 4.70. The second-order valence-electron chi connectivity index (χ2n) is 6.19. The van der Waals surface area contributed by atoms with Crippen LogP contribution in [-0.2, 0) is 15.0 Å². The molecule has 0 aliphatic carbocycles. The summed E-state index contributed by atoms with van der Waals surface area (Å²) < 4.78 is 11.2. The molecule has 0 spiro atoms. The van der Waals surface area contributed by atoms with Crippen LogP contribution in [0.5, 0.6) is 11.5 Å². The molecule has 1 amide bonds. The van der Waals surface area contributed by atoms with E-state index in [1.807, 2.05) is 12.1 Å². The van der Waals surface area contributed by atoms with E-state index in [1.165, 1.54) is 0 Å². The molecule has 0 fully saturated rings. The number of aliphatic carboxylic acids is 1. The Hall–Kier alpha value is -3.02. The van der Waals surface area contributed by atoms with Crippen LogP contribution in [0, 0.1) is 0 Å². The lowest BCUT2D eigenvalue weighted by Gasteiger charge is -2.31. The Balaban J connectivity index is 1.72. The first-order valence-electron chi connectivity index (χ1n) is 8.52. The molecule has 2 aromatic carbocycles. The van der Waals surface area contributed by atoms with Crippen molar-refractivity contribution in [3.8, 4) is 11.5 Å². The molecule has 0 aromatic heterocycles. The molecule has 136 valence electrons. The van der Waals surface area contributed by atoms with E-state index in [0.29, 0.717) is 23.5 Å². The molecular weight excluding hydrogens is 334 g/mol. The smallest absolute Gasteiger partial charge is 0.315 e. The molecule has 0 saturated heterocycles. The van der Waals surface area contributed by atoms with Gasteiger partial charge in [0.05, 0.1) is 0 Å². The highest BCUT2D eigenvalue weighted by molar-refractivity contribution is 5.85. The molecule has 1 heterocycles. The Bertz CT molecular complexity index is 792. The Labute approximate surface area is 151 Å². The number of para-hydroxylation sites is 2. The van der Waals surface area contributed by atoms with Gasteiger partial charge in [-0.15, -0.1) is 0 Å². The first-order valence-corrected chi connectivity index (χ1v) is 8.52. The highest BCUT2D eigenvalue weighted by atomic mass is 16.6. The van der Waals surface area contributed by atoms with Gasteiger partial charge < -0.3 is 19.9 Å². The highest BCUT2D eigenvalue weighted by Gasteiger charge is 2.40. The maximum Gasteiger partial charge on any atom is 0.315 e. The Morgan fingerprint density at radius 2 is 1.77 bits per heavy atom. The molecule has 0 saturated carbocycles. The summed E-state index contributed by atoms with van der Waals surface area (Å²) in [4.78, 5) is 24.5. The second kappa shape index (κ2) is 7.47. The van der Waals surface area contributed by atoms with Gasteiger partial charge in [0.25, 0.3) is 5.91 Å². The van der Waals surface area contributed by atoms with Gasteiger partial charge in [0, 0.05) is 6.54 Å². The summed E-state index contributed by atoms with van der Waals surface area (Å²) >= 11 is 0. The number of benzene rings is 2. The minimum absolute atomic E-state index is 0.0246. The lowest BCUT2D eigenvalue weighted by Crippen LogP contribution is -2.51. The highest BCUT2D eigenvalue weighted by Crippen LogP contribution is 2.31. The first-order chi connectivity index (χ1) is 12.6.